The number of carboxylic acids is 1. The van der Waals surface area contributed by atoms with Crippen LogP contribution in [0.2, 0.25) is 0 Å². The summed E-state index contributed by atoms with van der Waals surface area (Å²) in [6.07, 6.45) is 5.39. The molecule has 0 aromatic carbocycles. The molecule has 5 heteroatoms. The summed E-state index contributed by atoms with van der Waals surface area (Å²) in [5, 5.41) is 13.3. The predicted octanol–water partition coefficient (Wildman–Crippen LogP) is 2.54. The van der Waals surface area contributed by atoms with E-state index in [2.05, 4.69) is 29.9 Å². The largest absolute Gasteiger partial charge is 0.481 e. The minimum atomic E-state index is -0.674. The highest BCUT2D eigenvalue weighted by Gasteiger charge is 2.20. The van der Waals surface area contributed by atoms with Crippen LogP contribution in [-0.4, -0.2) is 38.8 Å². The van der Waals surface area contributed by atoms with Crippen molar-refractivity contribution in [1.29, 1.82) is 0 Å². The third-order valence-electron chi connectivity index (χ3n) is 4.05. The average molecular weight is 279 g/mol. The molecule has 1 aromatic rings. The van der Waals surface area contributed by atoms with Crippen molar-refractivity contribution in [2.45, 2.75) is 52.1 Å². The fourth-order valence-electron chi connectivity index (χ4n) is 2.74. The predicted molar refractivity (Wildman–Crippen MR) is 77.5 cm³/mol. The van der Waals surface area contributed by atoms with E-state index in [0.29, 0.717) is 18.4 Å². The number of piperidine rings is 1. The zero-order chi connectivity index (χ0) is 14.5. The third-order valence-corrected chi connectivity index (χ3v) is 4.05. The van der Waals surface area contributed by atoms with Gasteiger partial charge in [0.25, 0.3) is 0 Å². The van der Waals surface area contributed by atoms with Gasteiger partial charge in [-0.25, -0.2) is 0 Å². The van der Waals surface area contributed by atoms with Crippen molar-refractivity contribution in [3.05, 3.63) is 18.0 Å². The van der Waals surface area contributed by atoms with Crippen molar-refractivity contribution in [1.82, 2.24) is 14.7 Å². The van der Waals surface area contributed by atoms with Crippen molar-refractivity contribution in [3.63, 3.8) is 0 Å². The summed E-state index contributed by atoms with van der Waals surface area (Å²) in [4.78, 5) is 13.0. The number of hydrogen-bond donors (Lipinski definition) is 1. The lowest BCUT2D eigenvalue weighted by Gasteiger charge is -2.31. The fourth-order valence-corrected chi connectivity index (χ4v) is 2.74. The van der Waals surface area contributed by atoms with Crippen LogP contribution < -0.4 is 0 Å². The topological polar surface area (TPSA) is 58.4 Å². The van der Waals surface area contributed by atoms with E-state index in [9.17, 15) is 4.79 Å². The number of aliphatic carboxylic acids is 1. The minimum absolute atomic E-state index is 0.309. The Morgan fingerprint density at radius 2 is 2.15 bits per heavy atom. The maximum atomic E-state index is 10.6. The van der Waals surface area contributed by atoms with Gasteiger partial charge in [-0.15, -0.1) is 0 Å². The molecule has 1 saturated heterocycles. The molecule has 20 heavy (non-hydrogen) atoms. The van der Waals surface area contributed by atoms with Crippen molar-refractivity contribution < 1.29 is 9.90 Å². The average Bonchev–Trinajstić information content (AvgIpc) is 2.86. The Bertz CT molecular complexity index is 434. The summed E-state index contributed by atoms with van der Waals surface area (Å²) in [6, 6.07) is 2.50. The lowest BCUT2D eigenvalue weighted by Crippen LogP contribution is -2.33. The van der Waals surface area contributed by atoms with Gasteiger partial charge in [0.15, 0.2) is 0 Å². The summed E-state index contributed by atoms with van der Waals surface area (Å²) in [6.45, 7) is 7.28. The zero-order valence-corrected chi connectivity index (χ0v) is 12.5. The quantitative estimate of drug-likeness (QED) is 0.869. The first kappa shape index (κ1) is 15.0. The first-order chi connectivity index (χ1) is 9.54. The van der Waals surface area contributed by atoms with Crippen LogP contribution in [0.1, 0.15) is 51.3 Å². The van der Waals surface area contributed by atoms with Crippen molar-refractivity contribution >= 4 is 5.97 Å². The Balaban J connectivity index is 1.74. The van der Waals surface area contributed by atoms with E-state index in [-0.39, 0.29) is 0 Å². The van der Waals surface area contributed by atoms with Crippen LogP contribution in [0.4, 0.5) is 0 Å². The highest BCUT2D eigenvalue weighted by atomic mass is 16.4. The molecule has 0 aliphatic carbocycles. The van der Waals surface area contributed by atoms with Gasteiger partial charge in [-0.3, -0.25) is 14.4 Å². The standard InChI is InChI=1S/C15H25N3O2/c1-12(2)18-10-7-14(16-18)11-17-8-5-13(6-9-17)3-4-15(19)20/h7,10,12-13H,3-6,8-9,11H2,1-2H3,(H,19,20). The zero-order valence-electron chi connectivity index (χ0n) is 12.5. The Labute approximate surface area is 120 Å². The number of carboxylic acid groups (broad SMARTS) is 1. The first-order valence-electron chi connectivity index (χ1n) is 7.52. The molecule has 1 aliphatic rings. The maximum Gasteiger partial charge on any atom is 0.303 e. The van der Waals surface area contributed by atoms with Gasteiger partial charge in [-0.2, -0.15) is 5.10 Å². The van der Waals surface area contributed by atoms with Crippen LogP contribution in [0.25, 0.3) is 0 Å². The lowest BCUT2D eigenvalue weighted by molar-refractivity contribution is -0.137. The van der Waals surface area contributed by atoms with Gasteiger partial charge in [0.1, 0.15) is 0 Å². The molecular weight excluding hydrogens is 254 g/mol. The number of rotatable bonds is 6. The molecule has 0 amide bonds. The molecule has 112 valence electrons. The number of carbonyl (C=O) groups is 1. The first-order valence-corrected chi connectivity index (χ1v) is 7.52. The third kappa shape index (κ3) is 4.34. The van der Waals surface area contributed by atoms with Crippen LogP contribution in [0.3, 0.4) is 0 Å². The second-order valence-corrected chi connectivity index (χ2v) is 6.03. The van der Waals surface area contributed by atoms with Crippen molar-refractivity contribution in [2.24, 2.45) is 5.92 Å². The maximum absolute atomic E-state index is 10.6. The molecular formula is C15H25N3O2. The minimum Gasteiger partial charge on any atom is -0.481 e. The van der Waals surface area contributed by atoms with E-state index in [4.69, 9.17) is 5.11 Å². The van der Waals surface area contributed by atoms with Gasteiger partial charge in [-0.1, -0.05) is 0 Å². The molecule has 1 aliphatic heterocycles. The molecule has 0 unspecified atom stereocenters. The summed E-state index contributed by atoms with van der Waals surface area (Å²) in [5.41, 5.74) is 1.13. The van der Waals surface area contributed by atoms with Gasteiger partial charge in [0.05, 0.1) is 5.69 Å². The van der Waals surface area contributed by atoms with Gasteiger partial charge < -0.3 is 5.11 Å². The summed E-state index contributed by atoms with van der Waals surface area (Å²) in [5.74, 6) is -0.0952. The normalized spacial score (nSPS) is 17.8. The summed E-state index contributed by atoms with van der Waals surface area (Å²) < 4.78 is 1.99. The second kappa shape index (κ2) is 6.88. The van der Waals surface area contributed by atoms with Crippen LogP contribution >= 0.6 is 0 Å². The van der Waals surface area contributed by atoms with Crippen molar-refractivity contribution in [2.75, 3.05) is 13.1 Å². The van der Waals surface area contributed by atoms with E-state index in [1.54, 1.807) is 0 Å². The Kier molecular flexibility index (Phi) is 5.17. The highest BCUT2D eigenvalue weighted by molar-refractivity contribution is 5.66. The summed E-state index contributed by atoms with van der Waals surface area (Å²) >= 11 is 0. The molecule has 0 radical (unpaired) electrons. The SMILES string of the molecule is CC(C)n1ccc(CN2CCC(CCC(=O)O)CC2)n1. The highest BCUT2D eigenvalue weighted by Crippen LogP contribution is 2.22. The number of nitrogens with zero attached hydrogens (tertiary/aromatic N) is 3. The van der Waals surface area contributed by atoms with E-state index in [1.807, 2.05) is 10.9 Å². The molecule has 5 nitrogen and oxygen atoms in total. The Hall–Kier alpha value is -1.36. The van der Waals surface area contributed by atoms with Crippen LogP contribution in [-0.2, 0) is 11.3 Å². The molecule has 0 spiro atoms. The van der Waals surface area contributed by atoms with Crippen LogP contribution in [0, 0.1) is 5.92 Å². The number of hydrogen-bond acceptors (Lipinski definition) is 3. The molecule has 1 aromatic heterocycles. The molecule has 0 bridgehead atoms. The van der Waals surface area contributed by atoms with Gasteiger partial charge >= 0.3 is 5.97 Å². The van der Waals surface area contributed by atoms with E-state index in [1.165, 1.54) is 0 Å². The summed E-state index contributed by atoms with van der Waals surface area (Å²) in [7, 11) is 0. The van der Waals surface area contributed by atoms with Crippen LogP contribution in [0.5, 0.6) is 0 Å². The number of aromatic nitrogens is 2. The van der Waals surface area contributed by atoms with E-state index >= 15 is 0 Å². The number of likely N-dealkylation sites (tertiary alicyclic amines) is 1. The Morgan fingerprint density at radius 3 is 2.70 bits per heavy atom. The Morgan fingerprint density at radius 1 is 1.45 bits per heavy atom. The molecule has 1 N–H and O–H groups in total. The van der Waals surface area contributed by atoms with Crippen LogP contribution in [0.15, 0.2) is 12.3 Å². The van der Waals surface area contributed by atoms with Gasteiger partial charge in [0.2, 0.25) is 0 Å². The smallest absolute Gasteiger partial charge is 0.303 e. The van der Waals surface area contributed by atoms with Gasteiger partial charge in [0, 0.05) is 25.2 Å². The molecule has 0 atom stereocenters. The monoisotopic (exact) mass is 279 g/mol. The molecule has 1 fully saturated rings. The van der Waals surface area contributed by atoms with E-state index < -0.39 is 5.97 Å². The van der Waals surface area contributed by atoms with E-state index in [0.717, 1.165) is 44.6 Å². The lowest BCUT2D eigenvalue weighted by atomic mass is 9.92. The molecule has 0 saturated carbocycles. The molecule has 2 rings (SSSR count). The molecule has 2 heterocycles. The second-order valence-electron chi connectivity index (χ2n) is 6.03. The van der Waals surface area contributed by atoms with Gasteiger partial charge in [-0.05, 0) is 58.2 Å². The fraction of sp³-hybridized carbons (Fsp3) is 0.733. The van der Waals surface area contributed by atoms with Crippen molar-refractivity contribution in [3.8, 4) is 0 Å².